The zero-order valence-electron chi connectivity index (χ0n) is 18.9. The number of carbonyl (C=O) groups is 2. The summed E-state index contributed by atoms with van der Waals surface area (Å²) in [5.74, 6) is 1.59. The highest BCUT2D eigenvalue weighted by atomic mass is 16.5. The van der Waals surface area contributed by atoms with E-state index in [2.05, 4.69) is 10.5 Å². The lowest BCUT2D eigenvalue weighted by Gasteiger charge is -2.09. The molecule has 0 saturated carbocycles. The van der Waals surface area contributed by atoms with Crippen LogP contribution in [-0.2, 0) is 4.79 Å². The predicted molar refractivity (Wildman–Crippen MR) is 125 cm³/mol. The molecule has 9 heteroatoms. The van der Waals surface area contributed by atoms with Crippen LogP contribution in [0.2, 0.25) is 0 Å². The standard InChI is InChI=1S/C25H24N2O7/c1-30-19-9-11-20(12-10-19)33-16-24(28)27-26-15-17-4-7-21(8-5-17)34-25(29)18-6-13-22(31-2)23(14-18)32-3/h4-15H,16H2,1-3H3,(H,27,28)/b26-15-. The topological polar surface area (TPSA) is 105 Å². The van der Waals surface area contributed by atoms with E-state index in [1.165, 1.54) is 20.4 Å². The summed E-state index contributed by atoms with van der Waals surface area (Å²) in [5, 5.41) is 3.90. The lowest BCUT2D eigenvalue weighted by Crippen LogP contribution is -2.24. The zero-order valence-corrected chi connectivity index (χ0v) is 18.9. The molecule has 0 saturated heterocycles. The summed E-state index contributed by atoms with van der Waals surface area (Å²) in [6.45, 7) is -0.186. The molecule has 34 heavy (non-hydrogen) atoms. The second-order valence-electron chi connectivity index (χ2n) is 6.79. The quantitative estimate of drug-likeness (QED) is 0.212. The lowest BCUT2D eigenvalue weighted by molar-refractivity contribution is -0.123. The molecule has 3 aromatic rings. The number of carbonyl (C=O) groups excluding carboxylic acids is 2. The van der Waals surface area contributed by atoms with Crippen LogP contribution < -0.4 is 29.1 Å². The van der Waals surface area contributed by atoms with Crippen molar-refractivity contribution in [2.24, 2.45) is 5.10 Å². The van der Waals surface area contributed by atoms with Gasteiger partial charge in [-0.25, -0.2) is 10.2 Å². The molecule has 0 aliphatic carbocycles. The SMILES string of the molecule is COc1ccc(OCC(=O)N/N=C\c2ccc(OC(=O)c3ccc(OC)c(OC)c3)cc2)cc1. The molecule has 0 aromatic heterocycles. The number of rotatable bonds is 10. The molecule has 0 atom stereocenters. The van der Waals surface area contributed by atoms with Crippen LogP contribution in [0.3, 0.4) is 0 Å². The fraction of sp³-hybridized carbons (Fsp3) is 0.160. The van der Waals surface area contributed by atoms with E-state index in [4.69, 9.17) is 23.7 Å². The summed E-state index contributed by atoms with van der Waals surface area (Å²) in [6, 6.07) is 18.3. The van der Waals surface area contributed by atoms with Crippen molar-refractivity contribution in [2.45, 2.75) is 0 Å². The molecule has 1 amide bonds. The van der Waals surface area contributed by atoms with Gasteiger partial charge in [0.15, 0.2) is 18.1 Å². The maximum Gasteiger partial charge on any atom is 0.343 e. The van der Waals surface area contributed by atoms with E-state index in [1.54, 1.807) is 73.8 Å². The Morgan fingerprint density at radius 3 is 2.09 bits per heavy atom. The summed E-state index contributed by atoms with van der Waals surface area (Å²) < 4.78 is 26.2. The van der Waals surface area contributed by atoms with Gasteiger partial charge in [0.25, 0.3) is 5.91 Å². The highest BCUT2D eigenvalue weighted by Crippen LogP contribution is 2.28. The number of benzene rings is 3. The molecule has 0 heterocycles. The van der Waals surface area contributed by atoms with E-state index >= 15 is 0 Å². The molecule has 0 fully saturated rings. The molecule has 3 aromatic carbocycles. The molecule has 0 unspecified atom stereocenters. The fourth-order valence-corrected chi connectivity index (χ4v) is 2.78. The van der Waals surface area contributed by atoms with Gasteiger partial charge in [-0.1, -0.05) is 0 Å². The fourth-order valence-electron chi connectivity index (χ4n) is 2.78. The van der Waals surface area contributed by atoms with E-state index in [1.807, 2.05) is 0 Å². The largest absolute Gasteiger partial charge is 0.497 e. The molecule has 0 bridgehead atoms. The lowest BCUT2D eigenvalue weighted by atomic mass is 10.2. The van der Waals surface area contributed by atoms with Crippen LogP contribution in [0, 0.1) is 0 Å². The Balaban J connectivity index is 1.48. The van der Waals surface area contributed by atoms with Crippen LogP contribution in [0.5, 0.6) is 28.7 Å². The van der Waals surface area contributed by atoms with Crippen molar-refractivity contribution in [3.8, 4) is 28.7 Å². The number of hydrazone groups is 1. The van der Waals surface area contributed by atoms with Crippen LogP contribution in [0.15, 0.2) is 71.8 Å². The van der Waals surface area contributed by atoms with E-state index in [-0.39, 0.29) is 6.61 Å². The number of esters is 1. The van der Waals surface area contributed by atoms with E-state index in [0.29, 0.717) is 39.9 Å². The summed E-state index contributed by atoms with van der Waals surface area (Å²) in [7, 11) is 4.58. The van der Waals surface area contributed by atoms with Crippen LogP contribution in [0.4, 0.5) is 0 Å². The second kappa shape index (κ2) is 11.9. The van der Waals surface area contributed by atoms with Crippen LogP contribution in [0.1, 0.15) is 15.9 Å². The predicted octanol–water partition coefficient (Wildman–Crippen LogP) is 3.46. The number of nitrogens with zero attached hydrogens (tertiary/aromatic N) is 1. The Morgan fingerprint density at radius 1 is 0.794 bits per heavy atom. The number of hydrogen-bond donors (Lipinski definition) is 1. The Kier molecular flexibility index (Phi) is 8.45. The van der Waals surface area contributed by atoms with Crippen molar-refractivity contribution in [1.29, 1.82) is 0 Å². The zero-order chi connectivity index (χ0) is 24.3. The van der Waals surface area contributed by atoms with Crippen molar-refractivity contribution >= 4 is 18.1 Å². The van der Waals surface area contributed by atoms with Gasteiger partial charge in [0, 0.05) is 0 Å². The second-order valence-corrected chi connectivity index (χ2v) is 6.79. The highest BCUT2D eigenvalue weighted by Gasteiger charge is 2.13. The number of amides is 1. The first-order chi connectivity index (χ1) is 16.5. The van der Waals surface area contributed by atoms with E-state index in [0.717, 1.165) is 0 Å². The van der Waals surface area contributed by atoms with Crippen LogP contribution in [0.25, 0.3) is 0 Å². The van der Waals surface area contributed by atoms with Gasteiger partial charge < -0.3 is 23.7 Å². The Morgan fingerprint density at radius 2 is 1.44 bits per heavy atom. The normalized spacial score (nSPS) is 10.4. The smallest absolute Gasteiger partial charge is 0.343 e. The van der Waals surface area contributed by atoms with Crippen LogP contribution >= 0.6 is 0 Å². The average Bonchev–Trinajstić information content (AvgIpc) is 2.88. The molecule has 9 nitrogen and oxygen atoms in total. The minimum absolute atomic E-state index is 0.186. The van der Waals surface area contributed by atoms with Crippen molar-refractivity contribution in [1.82, 2.24) is 5.43 Å². The number of nitrogens with one attached hydrogen (secondary N) is 1. The summed E-state index contributed by atoms with van der Waals surface area (Å²) >= 11 is 0. The molecule has 0 aliphatic rings. The van der Waals surface area contributed by atoms with Crippen molar-refractivity contribution in [3.63, 3.8) is 0 Å². The first kappa shape index (κ1) is 24.1. The third-order valence-electron chi connectivity index (χ3n) is 4.54. The Labute approximate surface area is 196 Å². The maximum absolute atomic E-state index is 12.4. The van der Waals surface area contributed by atoms with Crippen molar-refractivity contribution in [2.75, 3.05) is 27.9 Å². The molecule has 0 spiro atoms. The first-order valence-corrected chi connectivity index (χ1v) is 10.2. The molecule has 0 radical (unpaired) electrons. The van der Waals surface area contributed by atoms with Gasteiger partial charge in [-0.2, -0.15) is 5.10 Å². The molecule has 176 valence electrons. The summed E-state index contributed by atoms with van der Waals surface area (Å²) in [6.07, 6.45) is 1.46. The van der Waals surface area contributed by atoms with Gasteiger partial charge >= 0.3 is 5.97 Å². The third kappa shape index (κ3) is 6.73. The third-order valence-corrected chi connectivity index (χ3v) is 4.54. The van der Waals surface area contributed by atoms with Gasteiger partial charge in [0.2, 0.25) is 0 Å². The van der Waals surface area contributed by atoms with Crippen LogP contribution in [-0.4, -0.2) is 46.0 Å². The average molecular weight is 464 g/mol. The number of hydrogen-bond acceptors (Lipinski definition) is 8. The molecular formula is C25H24N2O7. The van der Waals surface area contributed by atoms with Gasteiger partial charge in [0.1, 0.15) is 17.2 Å². The minimum atomic E-state index is -0.536. The van der Waals surface area contributed by atoms with Crippen molar-refractivity contribution in [3.05, 3.63) is 77.9 Å². The van der Waals surface area contributed by atoms with Crippen molar-refractivity contribution < 1.29 is 33.3 Å². The molecule has 0 aliphatic heterocycles. The summed E-state index contributed by atoms with van der Waals surface area (Å²) in [4.78, 5) is 24.3. The first-order valence-electron chi connectivity index (χ1n) is 10.2. The summed E-state index contributed by atoms with van der Waals surface area (Å²) in [5.41, 5.74) is 3.40. The van der Waals surface area contributed by atoms with Gasteiger partial charge in [-0.05, 0) is 72.3 Å². The molecule has 1 N–H and O–H groups in total. The highest BCUT2D eigenvalue weighted by molar-refractivity contribution is 5.92. The van der Waals surface area contributed by atoms with Gasteiger partial charge in [-0.15, -0.1) is 0 Å². The maximum atomic E-state index is 12.4. The Bertz CT molecular complexity index is 1140. The Hall–Kier alpha value is -4.53. The van der Waals surface area contributed by atoms with Gasteiger partial charge in [0.05, 0.1) is 33.1 Å². The van der Waals surface area contributed by atoms with E-state index < -0.39 is 11.9 Å². The molecular weight excluding hydrogens is 440 g/mol. The number of methoxy groups -OCH3 is 3. The van der Waals surface area contributed by atoms with E-state index in [9.17, 15) is 9.59 Å². The monoisotopic (exact) mass is 464 g/mol. The number of ether oxygens (including phenoxy) is 5. The minimum Gasteiger partial charge on any atom is -0.497 e. The molecule has 3 rings (SSSR count). The van der Waals surface area contributed by atoms with Gasteiger partial charge in [-0.3, -0.25) is 4.79 Å².